The number of carboxylic acids is 1. The maximum Gasteiger partial charge on any atom is 0.352 e. The molecule has 0 radical (unpaired) electrons. The molecular formula is C11H8N2O3. The number of hydrogen-bond donors (Lipinski definition) is 2. The maximum atomic E-state index is 10.7. The van der Waals surface area contributed by atoms with Gasteiger partial charge in [0.15, 0.2) is 6.29 Å². The van der Waals surface area contributed by atoms with Crippen LogP contribution in [-0.4, -0.2) is 27.3 Å². The molecule has 2 heterocycles. The fraction of sp³-hybridized carbons (Fsp3) is 0. The number of nitrogens with one attached hydrogen (secondary N) is 1. The second kappa shape index (κ2) is 3.98. The molecule has 0 aliphatic heterocycles. The summed E-state index contributed by atoms with van der Waals surface area (Å²) >= 11 is 0. The molecule has 5 heteroatoms. The summed E-state index contributed by atoms with van der Waals surface area (Å²) in [6, 6.07) is 3.14. The van der Waals surface area contributed by atoms with E-state index in [9.17, 15) is 9.59 Å². The number of aromatic nitrogens is 2. The zero-order chi connectivity index (χ0) is 11.5. The van der Waals surface area contributed by atoms with Crippen LogP contribution < -0.4 is 0 Å². The van der Waals surface area contributed by atoms with Crippen molar-refractivity contribution in [2.24, 2.45) is 0 Å². The lowest BCUT2D eigenvalue weighted by atomic mass is 10.1. The highest BCUT2D eigenvalue weighted by Crippen LogP contribution is 2.19. The lowest BCUT2D eigenvalue weighted by Crippen LogP contribution is -1.94. The Balaban J connectivity index is 2.42. The van der Waals surface area contributed by atoms with Crippen molar-refractivity contribution in [2.75, 3.05) is 0 Å². The van der Waals surface area contributed by atoms with Gasteiger partial charge in [-0.2, -0.15) is 0 Å². The van der Waals surface area contributed by atoms with Crippen LogP contribution in [0.5, 0.6) is 0 Å². The first kappa shape index (κ1) is 10.1. The molecule has 2 aromatic rings. The molecule has 0 aliphatic rings. The minimum Gasteiger partial charge on any atom is -0.477 e. The second-order valence-electron chi connectivity index (χ2n) is 3.23. The van der Waals surface area contributed by atoms with Crippen LogP contribution in [0.2, 0.25) is 0 Å². The Bertz CT molecular complexity index is 546. The van der Waals surface area contributed by atoms with Gasteiger partial charge in [-0.05, 0) is 12.1 Å². The predicted octanol–water partition coefficient (Wildman–Crippen LogP) is 1.59. The number of hydrogen-bond acceptors (Lipinski definition) is 3. The summed E-state index contributed by atoms with van der Waals surface area (Å²) in [5, 5.41) is 8.74. The molecule has 5 nitrogen and oxygen atoms in total. The van der Waals surface area contributed by atoms with Gasteiger partial charge in [0.25, 0.3) is 0 Å². The minimum atomic E-state index is -1.02. The Morgan fingerprint density at radius 2 is 2.12 bits per heavy atom. The first-order valence-electron chi connectivity index (χ1n) is 4.53. The third-order valence-corrected chi connectivity index (χ3v) is 2.14. The average Bonchev–Trinajstić information content (AvgIpc) is 2.78. The van der Waals surface area contributed by atoms with Crippen molar-refractivity contribution in [3.63, 3.8) is 0 Å². The van der Waals surface area contributed by atoms with Gasteiger partial charge >= 0.3 is 5.97 Å². The minimum absolute atomic E-state index is 0.103. The van der Waals surface area contributed by atoms with Gasteiger partial charge < -0.3 is 10.1 Å². The third kappa shape index (κ3) is 1.83. The molecule has 0 saturated heterocycles. The molecule has 0 bridgehead atoms. The van der Waals surface area contributed by atoms with E-state index in [0.717, 1.165) is 0 Å². The van der Waals surface area contributed by atoms with Crippen LogP contribution in [0, 0.1) is 0 Å². The van der Waals surface area contributed by atoms with E-state index < -0.39 is 5.97 Å². The summed E-state index contributed by atoms with van der Waals surface area (Å²) in [7, 11) is 0. The number of pyridine rings is 1. The van der Waals surface area contributed by atoms with E-state index in [1.54, 1.807) is 18.5 Å². The van der Waals surface area contributed by atoms with Gasteiger partial charge in [0.2, 0.25) is 0 Å². The van der Waals surface area contributed by atoms with Gasteiger partial charge in [-0.25, -0.2) is 4.79 Å². The molecule has 0 amide bonds. The fourth-order valence-electron chi connectivity index (χ4n) is 1.36. The van der Waals surface area contributed by atoms with Crippen LogP contribution in [-0.2, 0) is 0 Å². The molecule has 0 saturated carbocycles. The molecule has 0 atom stereocenters. The number of aldehydes is 1. The number of aromatic amines is 1. The molecule has 0 fully saturated rings. The van der Waals surface area contributed by atoms with E-state index in [4.69, 9.17) is 5.11 Å². The molecule has 2 N–H and O–H groups in total. The first-order chi connectivity index (χ1) is 7.70. The number of H-pyrrole nitrogens is 1. The van der Waals surface area contributed by atoms with Crippen LogP contribution >= 0.6 is 0 Å². The lowest BCUT2D eigenvalue weighted by Gasteiger charge is -1.96. The summed E-state index contributed by atoms with van der Waals surface area (Å²) < 4.78 is 0. The van der Waals surface area contributed by atoms with Gasteiger partial charge in [-0.15, -0.1) is 0 Å². The molecule has 0 aromatic carbocycles. The van der Waals surface area contributed by atoms with Crippen molar-refractivity contribution < 1.29 is 14.7 Å². The molecule has 0 aliphatic carbocycles. The highest BCUT2D eigenvalue weighted by atomic mass is 16.4. The fourth-order valence-corrected chi connectivity index (χ4v) is 1.36. The number of carbonyl (C=O) groups is 2. The molecular weight excluding hydrogens is 208 g/mol. The summed E-state index contributed by atoms with van der Waals surface area (Å²) in [6.45, 7) is 0. The number of rotatable bonds is 3. The first-order valence-corrected chi connectivity index (χ1v) is 4.53. The van der Waals surface area contributed by atoms with E-state index in [1.807, 2.05) is 0 Å². The highest BCUT2D eigenvalue weighted by molar-refractivity contribution is 5.88. The predicted molar refractivity (Wildman–Crippen MR) is 56.4 cm³/mol. The Hall–Kier alpha value is -2.43. The van der Waals surface area contributed by atoms with Crippen molar-refractivity contribution in [1.82, 2.24) is 9.97 Å². The number of carboxylic acid groups (broad SMARTS) is 1. The van der Waals surface area contributed by atoms with Gasteiger partial charge in [-0.3, -0.25) is 9.78 Å². The van der Waals surface area contributed by atoms with Crippen LogP contribution in [0.4, 0.5) is 0 Å². The topological polar surface area (TPSA) is 83.0 Å². The zero-order valence-corrected chi connectivity index (χ0v) is 8.18. The smallest absolute Gasteiger partial charge is 0.352 e. The van der Waals surface area contributed by atoms with Crippen molar-refractivity contribution in [2.45, 2.75) is 0 Å². The van der Waals surface area contributed by atoms with E-state index in [2.05, 4.69) is 9.97 Å². The van der Waals surface area contributed by atoms with E-state index in [0.29, 0.717) is 23.0 Å². The quantitative estimate of drug-likeness (QED) is 0.763. The zero-order valence-electron chi connectivity index (χ0n) is 8.18. The summed E-state index contributed by atoms with van der Waals surface area (Å²) in [4.78, 5) is 27.7. The van der Waals surface area contributed by atoms with Crippen molar-refractivity contribution in [3.05, 3.63) is 42.0 Å². The molecule has 0 spiro atoms. The van der Waals surface area contributed by atoms with Crippen LogP contribution in [0.1, 0.15) is 20.8 Å². The SMILES string of the molecule is O=Cc1cncc(-c2c[nH]c(C(=O)O)c2)c1. The summed E-state index contributed by atoms with van der Waals surface area (Å²) in [6.07, 6.45) is 5.28. The Kier molecular flexibility index (Phi) is 2.51. The molecule has 80 valence electrons. The van der Waals surface area contributed by atoms with E-state index in [-0.39, 0.29) is 5.69 Å². The Morgan fingerprint density at radius 1 is 1.31 bits per heavy atom. The van der Waals surface area contributed by atoms with Crippen molar-refractivity contribution in [3.8, 4) is 11.1 Å². The van der Waals surface area contributed by atoms with Crippen molar-refractivity contribution >= 4 is 12.3 Å². The standard InChI is InChI=1S/C11H8N2O3/c14-6-7-1-8(4-12-3-7)9-2-10(11(15)16)13-5-9/h1-6,13H,(H,15,16). The normalized spacial score (nSPS) is 10.0. The van der Waals surface area contributed by atoms with Gasteiger partial charge in [0, 0.05) is 35.3 Å². The molecule has 16 heavy (non-hydrogen) atoms. The third-order valence-electron chi connectivity index (χ3n) is 2.14. The number of carbonyl (C=O) groups excluding carboxylic acids is 1. The van der Waals surface area contributed by atoms with Crippen LogP contribution in [0.3, 0.4) is 0 Å². The lowest BCUT2D eigenvalue weighted by molar-refractivity contribution is 0.0691. The Labute approximate surface area is 90.8 Å². The number of aromatic carboxylic acids is 1. The average molecular weight is 216 g/mol. The van der Waals surface area contributed by atoms with Crippen LogP contribution in [0.25, 0.3) is 11.1 Å². The molecule has 2 rings (SSSR count). The monoisotopic (exact) mass is 216 g/mol. The summed E-state index contributed by atoms with van der Waals surface area (Å²) in [5.74, 6) is -1.02. The maximum absolute atomic E-state index is 10.7. The Morgan fingerprint density at radius 3 is 2.75 bits per heavy atom. The largest absolute Gasteiger partial charge is 0.477 e. The van der Waals surface area contributed by atoms with Crippen molar-refractivity contribution in [1.29, 1.82) is 0 Å². The van der Waals surface area contributed by atoms with Gasteiger partial charge in [0.05, 0.1) is 0 Å². The van der Waals surface area contributed by atoms with E-state index in [1.165, 1.54) is 12.3 Å². The molecule has 0 unspecified atom stereocenters. The van der Waals surface area contributed by atoms with Crippen LogP contribution in [0.15, 0.2) is 30.7 Å². The molecule has 2 aromatic heterocycles. The van der Waals surface area contributed by atoms with E-state index >= 15 is 0 Å². The van der Waals surface area contributed by atoms with Gasteiger partial charge in [-0.1, -0.05) is 0 Å². The highest BCUT2D eigenvalue weighted by Gasteiger charge is 2.07. The van der Waals surface area contributed by atoms with Gasteiger partial charge in [0.1, 0.15) is 5.69 Å². The summed E-state index contributed by atoms with van der Waals surface area (Å²) in [5.41, 5.74) is 1.95. The second-order valence-corrected chi connectivity index (χ2v) is 3.23. The number of nitrogens with zero attached hydrogens (tertiary/aromatic N) is 1.